The average Bonchev–Trinajstić information content (AvgIpc) is 2.09. The minimum atomic E-state index is 0.0140. The van der Waals surface area contributed by atoms with E-state index in [9.17, 15) is 4.79 Å². The molecule has 2 nitrogen and oxygen atoms in total. The maximum absolute atomic E-state index is 11.0. The van der Waals surface area contributed by atoms with Crippen molar-refractivity contribution < 1.29 is 4.79 Å². The van der Waals surface area contributed by atoms with Gasteiger partial charge >= 0.3 is 0 Å². The van der Waals surface area contributed by atoms with E-state index in [1.54, 1.807) is 6.92 Å². The molecule has 0 aliphatic heterocycles. The second kappa shape index (κ2) is 4.47. The SMILES string of the molecule is CC(=O)N[C@@H](C)c1cc(C)c(C)cc1C. The van der Waals surface area contributed by atoms with Crippen LogP contribution in [0.5, 0.6) is 0 Å². The van der Waals surface area contributed by atoms with Gasteiger partial charge in [0.05, 0.1) is 6.04 Å². The highest BCUT2D eigenvalue weighted by Crippen LogP contribution is 2.21. The van der Waals surface area contributed by atoms with Crippen molar-refractivity contribution in [3.8, 4) is 0 Å². The van der Waals surface area contributed by atoms with E-state index in [4.69, 9.17) is 0 Å². The number of benzene rings is 1. The first-order chi connectivity index (χ1) is 6.91. The van der Waals surface area contributed by atoms with E-state index < -0.39 is 0 Å². The molecule has 0 aliphatic carbocycles. The van der Waals surface area contributed by atoms with Crippen LogP contribution in [0, 0.1) is 20.8 Å². The van der Waals surface area contributed by atoms with Crippen molar-refractivity contribution in [3.63, 3.8) is 0 Å². The number of amides is 1. The molecule has 1 amide bonds. The zero-order valence-corrected chi connectivity index (χ0v) is 10.1. The standard InChI is InChI=1S/C13H19NO/c1-8-6-10(3)13(7-9(8)2)11(4)14-12(5)15/h6-7,11H,1-5H3,(H,14,15)/t11-/m0/s1. The summed E-state index contributed by atoms with van der Waals surface area (Å²) >= 11 is 0. The number of carbonyl (C=O) groups is 1. The Bertz CT molecular complexity index is 382. The molecule has 0 bridgehead atoms. The summed E-state index contributed by atoms with van der Waals surface area (Å²) in [4.78, 5) is 11.0. The minimum absolute atomic E-state index is 0.0140. The molecule has 0 aliphatic rings. The van der Waals surface area contributed by atoms with Crippen LogP contribution in [0.1, 0.15) is 42.1 Å². The molecule has 1 aromatic carbocycles. The van der Waals surface area contributed by atoms with Crippen LogP contribution in [0.15, 0.2) is 12.1 Å². The van der Waals surface area contributed by atoms with Gasteiger partial charge in [-0.2, -0.15) is 0 Å². The molecule has 0 fully saturated rings. The van der Waals surface area contributed by atoms with Crippen molar-refractivity contribution in [2.24, 2.45) is 0 Å². The molecule has 1 atom stereocenters. The molecule has 0 heterocycles. The number of aryl methyl sites for hydroxylation is 3. The van der Waals surface area contributed by atoms with Crippen molar-refractivity contribution >= 4 is 5.91 Å². The molecule has 0 saturated heterocycles. The third kappa shape index (κ3) is 2.82. The summed E-state index contributed by atoms with van der Waals surface area (Å²) in [7, 11) is 0. The van der Waals surface area contributed by atoms with Crippen LogP contribution in [0.3, 0.4) is 0 Å². The van der Waals surface area contributed by atoms with Crippen molar-refractivity contribution in [1.29, 1.82) is 0 Å². The first kappa shape index (κ1) is 11.8. The molecule has 82 valence electrons. The van der Waals surface area contributed by atoms with Crippen LogP contribution in [-0.2, 0) is 4.79 Å². The summed E-state index contributed by atoms with van der Waals surface area (Å²) in [6.45, 7) is 9.85. The van der Waals surface area contributed by atoms with Crippen molar-refractivity contribution in [2.75, 3.05) is 0 Å². The van der Waals surface area contributed by atoms with Gasteiger partial charge in [0.2, 0.25) is 5.91 Å². The second-order valence-corrected chi connectivity index (χ2v) is 4.22. The van der Waals surface area contributed by atoms with Gasteiger partial charge in [-0.1, -0.05) is 12.1 Å². The highest BCUT2D eigenvalue weighted by molar-refractivity contribution is 5.73. The largest absolute Gasteiger partial charge is 0.350 e. The number of hydrogen-bond donors (Lipinski definition) is 1. The van der Waals surface area contributed by atoms with E-state index in [0.29, 0.717) is 0 Å². The third-order valence-corrected chi connectivity index (χ3v) is 2.77. The summed E-state index contributed by atoms with van der Waals surface area (Å²) in [5.74, 6) is 0.0140. The lowest BCUT2D eigenvalue weighted by atomic mass is 9.96. The normalized spacial score (nSPS) is 12.3. The van der Waals surface area contributed by atoms with Gasteiger partial charge in [-0.3, -0.25) is 4.79 Å². The van der Waals surface area contributed by atoms with Gasteiger partial charge in [0.15, 0.2) is 0 Å². The molecular weight excluding hydrogens is 186 g/mol. The van der Waals surface area contributed by atoms with Crippen molar-refractivity contribution in [3.05, 3.63) is 34.4 Å². The Labute approximate surface area is 91.7 Å². The lowest BCUT2D eigenvalue weighted by molar-refractivity contribution is -0.119. The molecule has 1 N–H and O–H groups in total. The predicted octanol–water partition coefficient (Wildman–Crippen LogP) is 2.81. The van der Waals surface area contributed by atoms with E-state index in [0.717, 1.165) is 0 Å². The molecule has 0 radical (unpaired) electrons. The topological polar surface area (TPSA) is 29.1 Å². The average molecular weight is 205 g/mol. The zero-order valence-electron chi connectivity index (χ0n) is 10.1. The fourth-order valence-electron chi connectivity index (χ4n) is 1.83. The Morgan fingerprint density at radius 2 is 1.67 bits per heavy atom. The molecule has 0 unspecified atom stereocenters. The molecule has 15 heavy (non-hydrogen) atoms. The maximum atomic E-state index is 11.0. The number of nitrogens with one attached hydrogen (secondary N) is 1. The Kier molecular flexibility index (Phi) is 3.51. The molecule has 0 saturated carbocycles. The van der Waals surface area contributed by atoms with E-state index in [-0.39, 0.29) is 11.9 Å². The predicted molar refractivity (Wildman–Crippen MR) is 62.9 cm³/mol. The zero-order chi connectivity index (χ0) is 11.6. The fraction of sp³-hybridized carbons (Fsp3) is 0.462. The maximum Gasteiger partial charge on any atom is 0.217 e. The first-order valence-corrected chi connectivity index (χ1v) is 5.26. The highest BCUT2D eigenvalue weighted by Gasteiger charge is 2.10. The van der Waals surface area contributed by atoms with Gasteiger partial charge in [0.25, 0.3) is 0 Å². The number of hydrogen-bond acceptors (Lipinski definition) is 1. The molecule has 0 spiro atoms. The minimum Gasteiger partial charge on any atom is -0.350 e. The van der Waals surface area contributed by atoms with Crippen LogP contribution in [-0.4, -0.2) is 5.91 Å². The summed E-state index contributed by atoms with van der Waals surface area (Å²) in [5, 5.41) is 2.91. The molecule has 1 aromatic rings. The van der Waals surface area contributed by atoms with Crippen LogP contribution in [0.2, 0.25) is 0 Å². The Morgan fingerprint density at radius 3 is 2.20 bits per heavy atom. The van der Waals surface area contributed by atoms with E-state index in [1.165, 1.54) is 22.3 Å². The Hall–Kier alpha value is -1.31. The second-order valence-electron chi connectivity index (χ2n) is 4.22. The van der Waals surface area contributed by atoms with Crippen molar-refractivity contribution in [2.45, 2.75) is 40.7 Å². The Balaban J connectivity index is 3.03. The van der Waals surface area contributed by atoms with E-state index in [1.807, 2.05) is 6.92 Å². The Morgan fingerprint density at radius 1 is 1.13 bits per heavy atom. The number of carbonyl (C=O) groups excluding carboxylic acids is 1. The third-order valence-electron chi connectivity index (χ3n) is 2.77. The summed E-state index contributed by atoms with van der Waals surface area (Å²) in [5.41, 5.74) is 5.01. The lowest BCUT2D eigenvalue weighted by Gasteiger charge is -2.17. The van der Waals surface area contributed by atoms with Gasteiger partial charge in [-0.25, -0.2) is 0 Å². The van der Waals surface area contributed by atoms with Crippen LogP contribution >= 0.6 is 0 Å². The summed E-state index contributed by atoms with van der Waals surface area (Å²) in [6, 6.07) is 4.41. The van der Waals surface area contributed by atoms with Crippen LogP contribution < -0.4 is 5.32 Å². The van der Waals surface area contributed by atoms with E-state index >= 15 is 0 Å². The fourth-order valence-corrected chi connectivity index (χ4v) is 1.83. The smallest absolute Gasteiger partial charge is 0.217 e. The van der Waals surface area contributed by atoms with Gasteiger partial charge in [-0.05, 0) is 49.9 Å². The van der Waals surface area contributed by atoms with Gasteiger partial charge in [0, 0.05) is 6.92 Å². The first-order valence-electron chi connectivity index (χ1n) is 5.26. The van der Waals surface area contributed by atoms with Gasteiger partial charge in [0.1, 0.15) is 0 Å². The number of rotatable bonds is 2. The van der Waals surface area contributed by atoms with E-state index in [2.05, 4.69) is 38.2 Å². The summed E-state index contributed by atoms with van der Waals surface area (Å²) in [6.07, 6.45) is 0. The van der Waals surface area contributed by atoms with Gasteiger partial charge in [-0.15, -0.1) is 0 Å². The molecule has 2 heteroatoms. The van der Waals surface area contributed by atoms with Crippen LogP contribution in [0.4, 0.5) is 0 Å². The van der Waals surface area contributed by atoms with Crippen LogP contribution in [0.25, 0.3) is 0 Å². The lowest BCUT2D eigenvalue weighted by Crippen LogP contribution is -2.24. The molecule has 0 aromatic heterocycles. The monoisotopic (exact) mass is 205 g/mol. The highest BCUT2D eigenvalue weighted by atomic mass is 16.1. The summed E-state index contributed by atoms with van der Waals surface area (Å²) < 4.78 is 0. The quantitative estimate of drug-likeness (QED) is 0.790. The van der Waals surface area contributed by atoms with Gasteiger partial charge < -0.3 is 5.32 Å². The van der Waals surface area contributed by atoms with Crippen molar-refractivity contribution in [1.82, 2.24) is 5.32 Å². The molecule has 1 rings (SSSR count). The molecular formula is C13H19NO.